The number of likely N-dealkylation sites (N-methyl/N-ethyl adjacent to an activating group) is 1. The lowest BCUT2D eigenvalue weighted by Crippen LogP contribution is -3.14. The number of aromatic nitrogens is 1. The fourth-order valence-corrected chi connectivity index (χ4v) is 3.10. The molecule has 1 saturated heterocycles. The van der Waals surface area contributed by atoms with Crippen LogP contribution in [-0.2, 0) is 9.59 Å². The molecule has 0 radical (unpaired) electrons. The number of hydrogen-bond acceptors (Lipinski definition) is 3. The number of piperazine rings is 1. The van der Waals surface area contributed by atoms with Crippen LogP contribution in [0.3, 0.4) is 0 Å². The van der Waals surface area contributed by atoms with Crippen molar-refractivity contribution in [1.82, 2.24) is 10.2 Å². The fourth-order valence-electron chi connectivity index (χ4n) is 3.10. The summed E-state index contributed by atoms with van der Waals surface area (Å²) in [7, 11) is 0. The summed E-state index contributed by atoms with van der Waals surface area (Å²) in [5.74, 6) is 1.20. The zero-order valence-electron chi connectivity index (χ0n) is 16.5. The third-order valence-corrected chi connectivity index (χ3v) is 4.49. The molecule has 2 rings (SSSR count). The summed E-state index contributed by atoms with van der Waals surface area (Å²) in [5, 5.41) is 2.97. The van der Waals surface area contributed by atoms with Gasteiger partial charge in [0.05, 0.1) is 25.8 Å². The van der Waals surface area contributed by atoms with Crippen molar-refractivity contribution in [1.29, 1.82) is 0 Å². The Morgan fingerprint density at radius 1 is 1.15 bits per heavy atom. The molecule has 1 atom stereocenters. The smallest absolute Gasteiger partial charge is 0.278 e. The number of pyridine rings is 1. The van der Waals surface area contributed by atoms with Crippen molar-refractivity contribution in [2.24, 2.45) is 0 Å². The van der Waals surface area contributed by atoms with Crippen molar-refractivity contribution in [2.45, 2.75) is 33.2 Å². The Labute approximate surface area is 156 Å². The molecule has 0 aliphatic carbocycles. The first-order valence-corrected chi connectivity index (χ1v) is 9.42. The Balaban J connectivity index is 1.81. The number of carbonyl (C=O) groups is 2. The van der Waals surface area contributed by atoms with E-state index in [1.165, 1.54) is 0 Å². The molecule has 1 aromatic heterocycles. The largest absolute Gasteiger partial charge is 0.347 e. The Morgan fingerprint density at radius 2 is 1.85 bits per heavy atom. The van der Waals surface area contributed by atoms with Gasteiger partial charge in [0.25, 0.3) is 17.6 Å². The quantitative estimate of drug-likeness (QED) is 0.679. The average Bonchev–Trinajstić information content (AvgIpc) is 2.60. The van der Waals surface area contributed by atoms with Gasteiger partial charge in [-0.1, -0.05) is 6.07 Å². The summed E-state index contributed by atoms with van der Waals surface area (Å²) in [6.07, 6.45) is 1.91. The predicted octanol–water partition coefficient (Wildman–Crippen LogP) is -1.03. The van der Waals surface area contributed by atoms with Crippen molar-refractivity contribution in [3.8, 4) is 0 Å². The molecular formula is C19H33N5O2+2. The van der Waals surface area contributed by atoms with E-state index < -0.39 is 0 Å². The Hall–Kier alpha value is -2.15. The molecule has 7 nitrogen and oxygen atoms in total. The Kier molecular flexibility index (Phi) is 6.97. The number of hydrogen-bond donors (Lipinski definition) is 2. The standard InChI is InChI=1S/C19H31N5O2/c1-5-22(14-17(25)21-19(2,3)4)15-18(26)24-12-10-23(11-13-24)16-8-6-7-9-20-16/h6-9H,5,10-15H2,1-4H3,(H,21,25)/p+2. The average molecular weight is 364 g/mol. The van der Waals surface area contributed by atoms with Gasteiger partial charge in [0.1, 0.15) is 13.1 Å². The minimum Gasteiger partial charge on any atom is -0.347 e. The molecule has 26 heavy (non-hydrogen) atoms. The zero-order chi connectivity index (χ0) is 19.2. The van der Waals surface area contributed by atoms with Crippen LogP contribution in [0, 0.1) is 0 Å². The highest BCUT2D eigenvalue weighted by Crippen LogP contribution is 2.09. The lowest BCUT2D eigenvalue weighted by molar-refractivity contribution is -0.882. The summed E-state index contributed by atoms with van der Waals surface area (Å²) in [5.41, 5.74) is -0.245. The van der Waals surface area contributed by atoms with Gasteiger partial charge in [-0.05, 0) is 33.8 Å². The third kappa shape index (κ3) is 6.29. The first-order valence-electron chi connectivity index (χ1n) is 9.42. The fraction of sp³-hybridized carbons (Fsp3) is 0.632. The number of nitrogens with one attached hydrogen (secondary N) is 3. The molecular weight excluding hydrogens is 330 g/mol. The first-order chi connectivity index (χ1) is 12.3. The number of quaternary nitrogens is 1. The summed E-state index contributed by atoms with van der Waals surface area (Å²) in [6, 6.07) is 6.02. The van der Waals surface area contributed by atoms with Gasteiger partial charge in [-0.15, -0.1) is 0 Å². The summed E-state index contributed by atoms with van der Waals surface area (Å²) in [6.45, 7) is 12.4. The van der Waals surface area contributed by atoms with Gasteiger partial charge in [-0.2, -0.15) is 0 Å². The minimum atomic E-state index is -0.245. The molecule has 2 heterocycles. The number of rotatable bonds is 6. The van der Waals surface area contributed by atoms with Gasteiger partial charge < -0.3 is 15.1 Å². The second-order valence-electron chi connectivity index (χ2n) is 7.87. The number of H-pyrrole nitrogens is 1. The Morgan fingerprint density at radius 3 is 2.38 bits per heavy atom. The van der Waals surface area contributed by atoms with Crippen LogP contribution in [0.1, 0.15) is 27.7 Å². The van der Waals surface area contributed by atoms with Crippen LogP contribution in [0.5, 0.6) is 0 Å². The van der Waals surface area contributed by atoms with Crippen molar-refractivity contribution in [3.63, 3.8) is 0 Å². The summed E-state index contributed by atoms with van der Waals surface area (Å²) >= 11 is 0. The van der Waals surface area contributed by atoms with Crippen molar-refractivity contribution in [2.75, 3.05) is 50.7 Å². The maximum absolute atomic E-state index is 12.6. The molecule has 1 aromatic rings. The number of carbonyl (C=O) groups excluding carboxylic acids is 2. The second-order valence-corrected chi connectivity index (χ2v) is 7.87. The molecule has 1 unspecified atom stereocenters. The van der Waals surface area contributed by atoms with Crippen LogP contribution < -0.4 is 20.1 Å². The lowest BCUT2D eigenvalue weighted by Gasteiger charge is -2.31. The van der Waals surface area contributed by atoms with Gasteiger partial charge in [-0.25, -0.2) is 4.98 Å². The molecule has 144 valence electrons. The van der Waals surface area contributed by atoms with Gasteiger partial charge in [0.15, 0.2) is 13.1 Å². The zero-order valence-corrected chi connectivity index (χ0v) is 16.5. The molecule has 7 heteroatoms. The number of aromatic amines is 1. The van der Waals surface area contributed by atoms with E-state index in [1.807, 2.05) is 57.0 Å². The van der Waals surface area contributed by atoms with E-state index in [0.717, 1.165) is 30.4 Å². The van der Waals surface area contributed by atoms with Gasteiger partial charge in [0.2, 0.25) is 0 Å². The molecule has 0 saturated carbocycles. The molecule has 1 aliphatic rings. The third-order valence-electron chi connectivity index (χ3n) is 4.49. The van der Waals surface area contributed by atoms with E-state index in [0.29, 0.717) is 26.2 Å². The van der Waals surface area contributed by atoms with Crippen molar-refractivity contribution >= 4 is 17.6 Å². The first kappa shape index (κ1) is 20.2. The normalized spacial score (nSPS) is 16.3. The van der Waals surface area contributed by atoms with E-state index in [-0.39, 0.29) is 17.4 Å². The molecule has 2 amide bonds. The molecule has 1 aliphatic heterocycles. The highest BCUT2D eigenvalue weighted by atomic mass is 16.2. The summed E-state index contributed by atoms with van der Waals surface area (Å²) in [4.78, 5) is 33.1. The number of nitrogens with zero attached hydrogens (tertiary/aromatic N) is 2. The van der Waals surface area contributed by atoms with Gasteiger partial charge in [-0.3, -0.25) is 14.5 Å². The van der Waals surface area contributed by atoms with Crippen LogP contribution in [-0.4, -0.2) is 68.1 Å². The van der Waals surface area contributed by atoms with Crippen LogP contribution in [0.2, 0.25) is 0 Å². The van der Waals surface area contributed by atoms with E-state index in [1.54, 1.807) is 0 Å². The van der Waals surface area contributed by atoms with E-state index in [4.69, 9.17) is 0 Å². The number of amides is 2. The van der Waals surface area contributed by atoms with E-state index >= 15 is 0 Å². The summed E-state index contributed by atoms with van der Waals surface area (Å²) < 4.78 is 0. The predicted molar refractivity (Wildman–Crippen MR) is 101 cm³/mol. The lowest BCUT2D eigenvalue weighted by atomic mass is 10.1. The number of anilines is 1. The van der Waals surface area contributed by atoms with E-state index in [9.17, 15) is 9.59 Å². The second kappa shape index (κ2) is 8.98. The monoisotopic (exact) mass is 363 g/mol. The topological polar surface area (TPSA) is 71.2 Å². The van der Waals surface area contributed by atoms with Crippen molar-refractivity contribution in [3.05, 3.63) is 24.4 Å². The van der Waals surface area contributed by atoms with E-state index in [2.05, 4.69) is 15.2 Å². The minimum absolute atomic E-state index is 0.00779. The molecule has 0 spiro atoms. The van der Waals surface area contributed by atoms with Crippen molar-refractivity contribution < 1.29 is 19.5 Å². The highest BCUT2D eigenvalue weighted by molar-refractivity contribution is 5.79. The molecule has 0 bridgehead atoms. The molecule has 3 N–H and O–H groups in total. The van der Waals surface area contributed by atoms with Gasteiger partial charge >= 0.3 is 0 Å². The highest BCUT2D eigenvalue weighted by Gasteiger charge is 2.28. The molecule has 1 fully saturated rings. The van der Waals surface area contributed by atoms with Crippen LogP contribution in [0.25, 0.3) is 0 Å². The molecule has 0 aromatic carbocycles. The maximum Gasteiger partial charge on any atom is 0.278 e. The van der Waals surface area contributed by atoms with Crippen LogP contribution in [0.4, 0.5) is 5.82 Å². The van der Waals surface area contributed by atoms with Gasteiger partial charge in [0, 0.05) is 11.6 Å². The SMILES string of the molecule is CC[NH+](CC(=O)NC(C)(C)C)CC(=O)N1CCN(c2cccc[nH+]2)CC1. The van der Waals surface area contributed by atoms with Crippen LogP contribution in [0.15, 0.2) is 24.4 Å². The Bertz CT molecular complexity index is 592. The van der Waals surface area contributed by atoms with Crippen LogP contribution >= 0.6 is 0 Å². The maximum atomic E-state index is 12.6.